The molecule has 3 heteroatoms. The first kappa shape index (κ1) is 14.1. The van der Waals surface area contributed by atoms with Crippen LogP contribution in [-0.2, 0) is 6.42 Å². The van der Waals surface area contributed by atoms with Gasteiger partial charge in [0.15, 0.2) is 0 Å². The predicted octanol–water partition coefficient (Wildman–Crippen LogP) is 4.15. The van der Waals surface area contributed by atoms with Crippen molar-refractivity contribution in [2.24, 2.45) is 0 Å². The van der Waals surface area contributed by atoms with E-state index in [9.17, 15) is 0 Å². The molecule has 0 atom stereocenters. The van der Waals surface area contributed by atoms with Crippen LogP contribution in [0.4, 0.5) is 0 Å². The summed E-state index contributed by atoms with van der Waals surface area (Å²) in [7, 11) is 0. The molecule has 2 aromatic rings. The lowest BCUT2D eigenvalue weighted by molar-refractivity contribution is 1.05. The minimum atomic E-state index is 0. The molecule has 1 nitrogen and oxygen atoms in total. The van der Waals surface area contributed by atoms with Crippen molar-refractivity contribution in [2.45, 2.75) is 18.2 Å². The molecule has 0 radical (unpaired) electrons. The van der Waals surface area contributed by atoms with Crippen LogP contribution in [0.2, 0.25) is 0 Å². The maximum atomic E-state index is 4.31. The second kappa shape index (κ2) is 7.36. The summed E-state index contributed by atoms with van der Waals surface area (Å²) in [6, 6.07) is 14.7. The molecule has 0 saturated carbocycles. The molecule has 0 aliphatic heterocycles. The summed E-state index contributed by atoms with van der Waals surface area (Å²) in [4.78, 5) is 5.65. The zero-order valence-electron chi connectivity index (χ0n) is 9.80. The van der Waals surface area contributed by atoms with Crippen LogP contribution in [0.15, 0.2) is 53.6 Å². The van der Waals surface area contributed by atoms with Gasteiger partial charge in [0.2, 0.25) is 0 Å². The average molecular weight is 266 g/mol. The second-order valence-electron chi connectivity index (χ2n) is 3.73. The number of pyridine rings is 1. The molecule has 0 fully saturated rings. The number of halogens is 1. The largest absolute Gasteiger partial charge is 0.261 e. The Labute approximate surface area is 113 Å². The Hall–Kier alpha value is -0.990. The summed E-state index contributed by atoms with van der Waals surface area (Å²) >= 11 is 1.88. The molecule has 17 heavy (non-hydrogen) atoms. The van der Waals surface area contributed by atoms with Gasteiger partial charge in [-0.25, -0.2) is 0 Å². The molecule has 0 spiro atoms. The zero-order chi connectivity index (χ0) is 11.2. The second-order valence-corrected chi connectivity index (χ2v) is 4.90. The van der Waals surface area contributed by atoms with Gasteiger partial charge in [-0.3, -0.25) is 4.98 Å². The van der Waals surface area contributed by atoms with Gasteiger partial charge in [-0.1, -0.05) is 23.8 Å². The fourth-order valence-electron chi connectivity index (χ4n) is 1.45. The first-order valence-electron chi connectivity index (χ1n) is 5.44. The third-order valence-corrected chi connectivity index (χ3v) is 3.39. The first-order chi connectivity index (χ1) is 7.84. The van der Waals surface area contributed by atoms with E-state index in [1.165, 1.54) is 16.2 Å². The molecule has 0 amide bonds. The normalized spacial score (nSPS) is 9.71. The molecule has 0 aliphatic carbocycles. The van der Waals surface area contributed by atoms with Gasteiger partial charge < -0.3 is 0 Å². The van der Waals surface area contributed by atoms with Gasteiger partial charge in [-0.15, -0.1) is 24.2 Å². The number of aromatic nitrogens is 1. The van der Waals surface area contributed by atoms with Gasteiger partial charge in [0.1, 0.15) is 0 Å². The summed E-state index contributed by atoms with van der Waals surface area (Å²) < 4.78 is 0. The van der Waals surface area contributed by atoms with E-state index in [4.69, 9.17) is 0 Å². The highest BCUT2D eigenvalue weighted by Gasteiger charge is 1.96. The minimum Gasteiger partial charge on any atom is -0.261 e. The Bertz CT molecular complexity index is 428. The predicted molar refractivity (Wildman–Crippen MR) is 77.1 cm³/mol. The maximum absolute atomic E-state index is 4.31. The summed E-state index contributed by atoms with van der Waals surface area (Å²) in [6.07, 6.45) is 2.88. The number of nitrogens with zero attached hydrogens (tertiary/aromatic N) is 1. The van der Waals surface area contributed by atoms with Crippen molar-refractivity contribution in [1.29, 1.82) is 0 Å². The Morgan fingerprint density at radius 1 is 1.06 bits per heavy atom. The highest BCUT2D eigenvalue weighted by molar-refractivity contribution is 7.99. The van der Waals surface area contributed by atoms with E-state index >= 15 is 0 Å². The molecule has 1 aromatic heterocycles. The first-order valence-corrected chi connectivity index (χ1v) is 6.42. The fraction of sp³-hybridized carbons (Fsp3) is 0.214. The van der Waals surface area contributed by atoms with Gasteiger partial charge >= 0.3 is 0 Å². The molecule has 0 unspecified atom stereocenters. The van der Waals surface area contributed by atoms with Gasteiger partial charge in [0.05, 0.1) is 0 Å². The van der Waals surface area contributed by atoms with E-state index in [0.717, 1.165) is 12.2 Å². The molecule has 0 bridgehead atoms. The molecule has 90 valence electrons. The Morgan fingerprint density at radius 3 is 2.47 bits per heavy atom. The number of rotatable bonds is 4. The van der Waals surface area contributed by atoms with Crippen LogP contribution in [0.3, 0.4) is 0 Å². The van der Waals surface area contributed by atoms with E-state index in [2.05, 4.69) is 42.2 Å². The lowest BCUT2D eigenvalue weighted by Crippen LogP contribution is -1.91. The quantitative estimate of drug-likeness (QED) is 0.771. The van der Waals surface area contributed by atoms with Gasteiger partial charge in [-0.2, -0.15) is 0 Å². The molecule has 0 aliphatic rings. The number of hydrogen-bond acceptors (Lipinski definition) is 2. The molecular weight excluding hydrogens is 250 g/mol. The highest BCUT2D eigenvalue weighted by Crippen LogP contribution is 2.19. The molecular formula is C14H16ClNS. The lowest BCUT2D eigenvalue weighted by Gasteiger charge is -2.02. The van der Waals surface area contributed by atoms with Crippen molar-refractivity contribution in [3.63, 3.8) is 0 Å². The van der Waals surface area contributed by atoms with E-state index < -0.39 is 0 Å². The fourth-order valence-corrected chi connectivity index (χ4v) is 2.33. The van der Waals surface area contributed by atoms with Crippen molar-refractivity contribution in [1.82, 2.24) is 4.98 Å². The third-order valence-electron chi connectivity index (χ3n) is 2.37. The molecule has 1 aromatic carbocycles. The van der Waals surface area contributed by atoms with E-state index in [0.29, 0.717) is 0 Å². The Balaban J connectivity index is 0.00000144. The van der Waals surface area contributed by atoms with E-state index in [1.54, 1.807) is 0 Å². The number of benzene rings is 1. The number of aryl methyl sites for hydroxylation is 2. The molecule has 1 heterocycles. The zero-order valence-corrected chi connectivity index (χ0v) is 11.4. The topological polar surface area (TPSA) is 12.9 Å². The summed E-state index contributed by atoms with van der Waals surface area (Å²) in [6.45, 7) is 2.11. The molecule has 2 rings (SSSR count). The molecule has 0 saturated heterocycles. The van der Waals surface area contributed by atoms with E-state index in [1.807, 2.05) is 30.1 Å². The smallest absolute Gasteiger partial charge is 0.0411 e. The number of hydrogen-bond donors (Lipinski definition) is 0. The van der Waals surface area contributed by atoms with Crippen molar-refractivity contribution >= 4 is 24.2 Å². The SMILES string of the molecule is Cc1ccc(SCCc2ccccn2)cc1.Cl. The Morgan fingerprint density at radius 2 is 1.82 bits per heavy atom. The summed E-state index contributed by atoms with van der Waals surface area (Å²) in [5.74, 6) is 1.08. The highest BCUT2D eigenvalue weighted by atomic mass is 35.5. The van der Waals surface area contributed by atoms with Crippen molar-refractivity contribution in [3.8, 4) is 0 Å². The van der Waals surface area contributed by atoms with Crippen LogP contribution in [0.5, 0.6) is 0 Å². The van der Waals surface area contributed by atoms with Crippen LogP contribution in [0.1, 0.15) is 11.3 Å². The summed E-state index contributed by atoms with van der Waals surface area (Å²) in [5.41, 5.74) is 2.48. The van der Waals surface area contributed by atoms with Gasteiger partial charge in [0, 0.05) is 22.5 Å². The van der Waals surface area contributed by atoms with Gasteiger partial charge in [-0.05, 0) is 37.6 Å². The van der Waals surface area contributed by atoms with Crippen LogP contribution in [0, 0.1) is 6.92 Å². The van der Waals surface area contributed by atoms with Crippen LogP contribution >= 0.6 is 24.2 Å². The monoisotopic (exact) mass is 265 g/mol. The number of thioether (sulfide) groups is 1. The maximum Gasteiger partial charge on any atom is 0.0411 e. The average Bonchev–Trinajstić information content (AvgIpc) is 2.33. The lowest BCUT2D eigenvalue weighted by atomic mass is 10.2. The van der Waals surface area contributed by atoms with Gasteiger partial charge in [0.25, 0.3) is 0 Å². The van der Waals surface area contributed by atoms with Crippen molar-refractivity contribution < 1.29 is 0 Å². The summed E-state index contributed by atoms with van der Waals surface area (Å²) in [5, 5.41) is 0. The molecule has 0 N–H and O–H groups in total. The Kier molecular flexibility index (Phi) is 6.09. The van der Waals surface area contributed by atoms with E-state index in [-0.39, 0.29) is 12.4 Å². The standard InChI is InChI=1S/C14H15NS.ClH/c1-12-5-7-14(8-6-12)16-11-9-13-4-2-3-10-15-13;/h2-8,10H,9,11H2,1H3;1H. The third kappa shape index (κ3) is 4.80. The van der Waals surface area contributed by atoms with Crippen LogP contribution in [-0.4, -0.2) is 10.7 Å². The van der Waals surface area contributed by atoms with Crippen molar-refractivity contribution in [3.05, 3.63) is 59.9 Å². The van der Waals surface area contributed by atoms with Crippen LogP contribution < -0.4 is 0 Å². The van der Waals surface area contributed by atoms with Crippen LogP contribution in [0.25, 0.3) is 0 Å². The minimum absolute atomic E-state index is 0. The van der Waals surface area contributed by atoms with Crippen molar-refractivity contribution in [2.75, 3.05) is 5.75 Å².